The van der Waals surface area contributed by atoms with Gasteiger partial charge < -0.3 is 10.1 Å². The van der Waals surface area contributed by atoms with Crippen LogP contribution in [0.1, 0.15) is 46.0 Å². The molecule has 0 aromatic heterocycles. The molecule has 1 N–H and O–H groups in total. The summed E-state index contributed by atoms with van der Waals surface area (Å²) in [4.78, 5) is 4.51. The molecule has 0 fully saturated rings. The molecule has 0 radical (unpaired) electrons. The number of hydrogen-bond acceptors (Lipinski definition) is 4. The van der Waals surface area contributed by atoms with E-state index < -0.39 is 0 Å². The highest BCUT2D eigenvalue weighted by atomic mass is 32.2. The van der Waals surface area contributed by atoms with Crippen LogP contribution in [0.15, 0.2) is 4.99 Å². The topological polar surface area (TPSA) is 33.6 Å². The molecular formula is C13H26N2OS. The van der Waals surface area contributed by atoms with Crippen molar-refractivity contribution in [1.29, 1.82) is 0 Å². The van der Waals surface area contributed by atoms with Crippen LogP contribution in [0.3, 0.4) is 0 Å². The van der Waals surface area contributed by atoms with Gasteiger partial charge in [0.25, 0.3) is 0 Å². The summed E-state index contributed by atoms with van der Waals surface area (Å²) < 4.78 is 5.51. The maximum absolute atomic E-state index is 5.51. The molecule has 0 bridgehead atoms. The summed E-state index contributed by atoms with van der Waals surface area (Å²) in [6, 6.07) is 0. The summed E-state index contributed by atoms with van der Waals surface area (Å²) in [5.74, 6) is 0. The zero-order valence-corrected chi connectivity index (χ0v) is 12.0. The van der Waals surface area contributed by atoms with Gasteiger partial charge in [0.1, 0.15) is 0 Å². The Labute approximate surface area is 110 Å². The van der Waals surface area contributed by atoms with Gasteiger partial charge in [0.05, 0.1) is 6.54 Å². The smallest absolute Gasteiger partial charge is 0.156 e. The van der Waals surface area contributed by atoms with Gasteiger partial charge in [0, 0.05) is 25.0 Å². The number of nitrogens with one attached hydrogen (secondary N) is 1. The molecule has 1 unspecified atom stereocenters. The van der Waals surface area contributed by atoms with Crippen molar-refractivity contribution in [1.82, 2.24) is 5.32 Å². The van der Waals surface area contributed by atoms with Crippen LogP contribution in [0.5, 0.6) is 0 Å². The molecule has 0 saturated carbocycles. The third-order valence-corrected chi connectivity index (χ3v) is 3.93. The molecule has 0 aromatic carbocycles. The fourth-order valence-corrected chi connectivity index (χ4v) is 2.86. The Kier molecular flexibility index (Phi) is 8.53. The molecule has 17 heavy (non-hydrogen) atoms. The lowest BCUT2D eigenvalue weighted by Gasteiger charge is -2.08. The monoisotopic (exact) mass is 258 g/mol. The van der Waals surface area contributed by atoms with E-state index in [0.717, 1.165) is 37.9 Å². The maximum atomic E-state index is 5.51. The maximum Gasteiger partial charge on any atom is 0.156 e. The first-order chi connectivity index (χ1) is 8.36. The molecule has 1 aliphatic rings. The molecular weight excluding hydrogens is 232 g/mol. The summed E-state index contributed by atoms with van der Waals surface area (Å²) in [6.07, 6.45) is 5.99. The molecule has 3 nitrogen and oxygen atoms in total. The molecule has 4 heteroatoms. The van der Waals surface area contributed by atoms with Crippen LogP contribution < -0.4 is 5.32 Å². The van der Waals surface area contributed by atoms with Crippen molar-refractivity contribution in [3.63, 3.8) is 0 Å². The predicted molar refractivity (Wildman–Crippen MR) is 76.9 cm³/mol. The van der Waals surface area contributed by atoms with Gasteiger partial charge in [-0.2, -0.15) is 0 Å². The van der Waals surface area contributed by atoms with Gasteiger partial charge >= 0.3 is 0 Å². The first-order valence-corrected chi connectivity index (χ1v) is 7.77. The van der Waals surface area contributed by atoms with E-state index in [0.29, 0.717) is 5.25 Å². The van der Waals surface area contributed by atoms with E-state index in [2.05, 4.69) is 24.2 Å². The number of rotatable bonds is 9. The predicted octanol–water partition coefficient (Wildman–Crippen LogP) is 3.05. The molecule has 0 aromatic rings. The van der Waals surface area contributed by atoms with Crippen LogP contribution in [-0.4, -0.2) is 36.7 Å². The van der Waals surface area contributed by atoms with Crippen molar-refractivity contribution in [3.8, 4) is 0 Å². The van der Waals surface area contributed by atoms with E-state index in [1.165, 1.54) is 25.7 Å². The van der Waals surface area contributed by atoms with E-state index in [9.17, 15) is 0 Å². The fourth-order valence-electron chi connectivity index (χ4n) is 1.70. The van der Waals surface area contributed by atoms with Crippen LogP contribution >= 0.6 is 11.8 Å². The Morgan fingerprint density at radius 2 is 2.12 bits per heavy atom. The summed E-state index contributed by atoms with van der Waals surface area (Å²) in [6.45, 7) is 8.17. The molecule has 0 spiro atoms. The average Bonchev–Trinajstić information content (AvgIpc) is 2.76. The van der Waals surface area contributed by atoms with Crippen LogP contribution in [0.4, 0.5) is 0 Å². The third kappa shape index (κ3) is 6.94. The zero-order chi connectivity index (χ0) is 12.3. The van der Waals surface area contributed by atoms with E-state index in [4.69, 9.17) is 4.74 Å². The van der Waals surface area contributed by atoms with Gasteiger partial charge in [0.15, 0.2) is 5.17 Å². The number of amidine groups is 1. The second-order valence-electron chi connectivity index (χ2n) is 4.42. The highest BCUT2D eigenvalue weighted by Gasteiger charge is 2.17. The van der Waals surface area contributed by atoms with Crippen molar-refractivity contribution in [2.24, 2.45) is 4.99 Å². The normalized spacial score (nSPS) is 19.4. The molecule has 1 aliphatic heterocycles. The lowest BCUT2D eigenvalue weighted by Crippen LogP contribution is -2.21. The number of nitrogens with zero attached hydrogens (tertiary/aromatic N) is 1. The molecule has 1 atom stereocenters. The largest absolute Gasteiger partial charge is 0.381 e. The van der Waals surface area contributed by atoms with Gasteiger partial charge in [-0.1, -0.05) is 38.5 Å². The van der Waals surface area contributed by atoms with Gasteiger partial charge in [-0.3, -0.25) is 4.99 Å². The fraction of sp³-hybridized carbons (Fsp3) is 0.923. The first-order valence-electron chi connectivity index (χ1n) is 6.89. The summed E-state index contributed by atoms with van der Waals surface area (Å²) in [5.41, 5.74) is 0. The van der Waals surface area contributed by atoms with Gasteiger partial charge in [-0.15, -0.1) is 0 Å². The molecule has 100 valence electrons. The SMILES string of the molecule is CCCCOCCCNC1=NCC(CCC)S1. The minimum atomic E-state index is 0.711. The molecule has 0 saturated heterocycles. The van der Waals surface area contributed by atoms with Crippen LogP contribution in [0, 0.1) is 0 Å². The Morgan fingerprint density at radius 3 is 2.88 bits per heavy atom. The summed E-state index contributed by atoms with van der Waals surface area (Å²) >= 11 is 1.91. The standard InChI is InChI=1S/C13H26N2OS/c1-3-5-9-16-10-6-8-14-13-15-11-12(17-13)7-4-2/h12H,3-11H2,1-2H3,(H,14,15). The quantitative estimate of drug-likeness (QED) is 0.645. The van der Waals surface area contributed by atoms with Crippen molar-refractivity contribution < 1.29 is 4.74 Å². The Hall–Kier alpha value is -0.220. The number of hydrogen-bond donors (Lipinski definition) is 1. The first kappa shape index (κ1) is 14.8. The highest BCUT2D eigenvalue weighted by Crippen LogP contribution is 2.23. The number of ether oxygens (including phenoxy) is 1. The molecule has 0 amide bonds. The number of thioether (sulfide) groups is 1. The van der Waals surface area contributed by atoms with Crippen molar-refractivity contribution in [2.75, 3.05) is 26.3 Å². The third-order valence-electron chi connectivity index (χ3n) is 2.71. The van der Waals surface area contributed by atoms with Gasteiger partial charge in [-0.05, 0) is 19.3 Å². The van der Waals surface area contributed by atoms with Crippen molar-refractivity contribution >= 4 is 16.9 Å². The molecule has 1 heterocycles. The minimum absolute atomic E-state index is 0.711. The van der Waals surface area contributed by atoms with E-state index in [1.54, 1.807) is 0 Å². The lowest BCUT2D eigenvalue weighted by molar-refractivity contribution is 0.129. The van der Waals surface area contributed by atoms with Crippen LogP contribution in [-0.2, 0) is 4.74 Å². The van der Waals surface area contributed by atoms with E-state index >= 15 is 0 Å². The van der Waals surface area contributed by atoms with Crippen LogP contribution in [0.25, 0.3) is 0 Å². The second kappa shape index (κ2) is 9.77. The van der Waals surface area contributed by atoms with Crippen molar-refractivity contribution in [2.45, 2.75) is 51.2 Å². The van der Waals surface area contributed by atoms with Gasteiger partial charge in [-0.25, -0.2) is 0 Å². The Bertz CT molecular complexity index is 221. The molecule has 0 aliphatic carbocycles. The minimum Gasteiger partial charge on any atom is -0.381 e. The number of aliphatic imine (C=N–C) groups is 1. The summed E-state index contributed by atoms with van der Waals surface area (Å²) in [5, 5.41) is 5.24. The van der Waals surface area contributed by atoms with Crippen molar-refractivity contribution in [3.05, 3.63) is 0 Å². The average molecular weight is 258 g/mol. The lowest BCUT2D eigenvalue weighted by atomic mass is 10.2. The van der Waals surface area contributed by atoms with E-state index in [1.807, 2.05) is 11.8 Å². The van der Waals surface area contributed by atoms with Crippen LogP contribution in [0.2, 0.25) is 0 Å². The van der Waals surface area contributed by atoms with Gasteiger partial charge in [0.2, 0.25) is 0 Å². The molecule has 1 rings (SSSR count). The zero-order valence-electron chi connectivity index (χ0n) is 11.2. The Balaban J connectivity index is 1.90. The number of unbranched alkanes of at least 4 members (excludes halogenated alkanes) is 1. The summed E-state index contributed by atoms with van der Waals surface area (Å²) in [7, 11) is 0. The Morgan fingerprint density at radius 1 is 1.29 bits per heavy atom. The highest BCUT2D eigenvalue weighted by molar-refractivity contribution is 8.14. The van der Waals surface area contributed by atoms with E-state index in [-0.39, 0.29) is 0 Å². The second-order valence-corrected chi connectivity index (χ2v) is 5.71.